The predicted molar refractivity (Wildman–Crippen MR) is 74.1 cm³/mol. The third-order valence-electron chi connectivity index (χ3n) is 2.06. The highest BCUT2D eigenvalue weighted by Crippen LogP contribution is 2.25. The Morgan fingerprint density at radius 1 is 1.53 bits per heavy atom. The van der Waals surface area contributed by atoms with Gasteiger partial charge in [0.2, 0.25) is 11.0 Å². The van der Waals surface area contributed by atoms with Crippen LogP contribution < -0.4 is 11.1 Å². The molecule has 0 bridgehead atoms. The van der Waals surface area contributed by atoms with Crippen molar-refractivity contribution in [3.63, 3.8) is 0 Å². The molecule has 1 heterocycles. The first-order valence-electron chi connectivity index (χ1n) is 5.69. The summed E-state index contributed by atoms with van der Waals surface area (Å²) in [6.07, 6.45) is 0. The fraction of sp³-hybridized carbons (Fsp3) is 0.600. The molecule has 0 aliphatic carbocycles. The molecule has 0 fully saturated rings. The summed E-state index contributed by atoms with van der Waals surface area (Å²) in [6, 6.07) is 0. The Morgan fingerprint density at radius 2 is 2.26 bits per heavy atom. The largest absolute Gasteiger partial charge is 0.465 e. The van der Waals surface area contributed by atoms with Crippen molar-refractivity contribution in [3.05, 3.63) is 0 Å². The molecule has 1 atom stereocenters. The number of carbonyl (C=O) groups excluding carboxylic acids is 2. The van der Waals surface area contributed by atoms with Crippen LogP contribution in [0.15, 0.2) is 4.34 Å². The molecule has 106 valence electrons. The number of thioether (sulfide) groups is 1. The predicted octanol–water partition coefficient (Wildman–Crippen LogP) is 0.727. The van der Waals surface area contributed by atoms with Gasteiger partial charge in [-0.05, 0) is 6.92 Å². The molecule has 0 aliphatic rings. The van der Waals surface area contributed by atoms with Crippen LogP contribution in [0.2, 0.25) is 0 Å². The second kappa shape index (κ2) is 8.08. The number of amides is 1. The van der Waals surface area contributed by atoms with Gasteiger partial charge >= 0.3 is 5.97 Å². The monoisotopic (exact) mass is 304 g/mol. The van der Waals surface area contributed by atoms with E-state index < -0.39 is 0 Å². The van der Waals surface area contributed by atoms with E-state index in [9.17, 15) is 9.59 Å². The lowest BCUT2D eigenvalue weighted by molar-refractivity contribution is -0.139. The number of rotatable bonds is 7. The third-order valence-corrected chi connectivity index (χ3v) is 4.00. The summed E-state index contributed by atoms with van der Waals surface area (Å²) in [4.78, 5) is 22.7. The van der Waals surface area contributed by atoms with Crippen LogP contribution in [0.1, 0.15) is 13.8 Å². The van der Waals surface area contributed by atoms with Gasteiger partial charge in [-0.2, -0.15) is 0 Å². The highest BCUT2D eigenvalue weighted by atomic mass is 32.2. The molecule has 1 aromatic rings. The number of nitrogens with zero attached hydrogens (tertiary/aromatic N) is 2. The number of nitrogens with one attached hydrogen (secondary N) is 1. The fourth-order valence-corrected chi connectivity index (χ4v) is 2.53. The zero-order chi connectivity index (χ0) is 14.3. The van der Waals surface area contributed by atoms with Gasteiger partial charge in [0.25, 0.3) is 0 Å². The SMILES string of the molecule is CCOC(=O)CSc1nnc(NC(=O)C(C)CN)s1. The molecular formula is C10H16N4O3S2. The molecule has 1 rings (SSSR count). The second-order valence-electron chi connectivity index (χ2n) is 3.59. The van der Waals surface area contributed by atoms with Crippen LogP contribution in [-0.2, 0) is 14.3 Å². The van der Waals surface area contributed by atoms with Crippen molar-refractivity contribution in [2.24, 2.45) is 11.7 Å². The first-order valence-corrected chi connectivity index (χ1v) is 7.49. The molecule has 0 radical (unpaired) electrons. The van der Waals surface area contributed by atoms with Crippen LogP contribution in [0, 0.1) is 5.92 Å². The standard InChI is InChI=1S/C10H16N4O3S2/c1-3-17-7(15)5-18-10-14-13-9(19-10)12-8(16)6(2)4-11/h6H,3-5,11H2,1-2H3,(H,12,13,16). The molecule has 19 heavy (non-hydrogen) atoms. The number of esters is 1. The summed E-state index contributed by atoms with van der Waals surface area (Å²) in [6.45, 7) is 4.11. The maximum absolute atomic E-state index is 11.6. The highest BCUT2D eigenvalue weighted by molar-refractivity contribution is 8.01. The van der Waals surface area contributed by atoms with Crippen molar-refractivity contribution >= 4 is 40.1 Å². The summed E-state index contributed by atoms with van der Waals surface area (Å²) in [5.74, 6) is -0.597. The molecular weight excluding hydrogens is 288 g/mol. The van der Waals surface area contributed by atoms with Crippen LogP contribution in [0.4, 0.5) is 5.13 Å². The van der Waals surface area contributed by atoms with Crippen molar-refractivity contribution in [3.8, 4) is 0 Å². The Morgan fingerprint density at radius 3 is 2.89 bits per heavy atom. The molecule has 1 aromatic heterocycles. The average Bonchev–Trinajstić information content (AvgIpc) is 2.83. The lowest BCUT2D eigenvalue weighted by Crippen LogP contribution is -2.26. The molecule has 0 aromatic carbocycles. The smallest absolute Gasteiger partial charge is 0.316 e. The summed E-state index contributed by atoms with van der Waals surface area (Å²) in [5.41, 5.74) is 5.39. The maximum atomic E-state index is 11.6. The van der Waals surface area contributed by atoms with E-state index in [1.807, 2.05) is 0 Å². The third kappa shape index (κ3) is 5.53. The zero-order valence-electron chi connectivity index (χ0n) is 10.7. The van der Waals surface area contributed by atoms with E-state index in [0.717, 1.165) is 0 Å². The first kappa shape index (κ1) is 15.9. The number of carbonyl (C=O) groups is 2. The number of nitrogens with two attached hydrogens (primary N) is 1. The number of anilines is 1. The van der Waals surface area contributed by atoms with Crippen molar-refractivity contribution in [1.82, 2.24) is 10.2 Å². The van der Waals surface area contributed by atoms with Crippen molar-refractivity contribution in [1.29, 1.82) is 0 Å². The van der Waals surface area contributed by atoms with Crippen molar-refractivity contribution in [2.75, 3.05) is 24.2 Å². The quantitative estimate of drug-likeness (QED) is 0.434. The van der Waals surface area contributed by atoms with Gasteiger partial charge in [0.05, 0.1) is 12.4 Å². The number of hydrogen-bond donors (Lipinski definition) is 2. The summed E-state index contributed by atoms with van der Waals surface area (Å²) in [5, 5.41) is 10.7. The lowest BCUT2D eigenvalue weighted by atomic mass is 10.2. The molecule has 9 heteroatoms. The summed E-state index contributed by atoms with van der Waals surface area (Å²) in [7, 11) is 0. The van der Waals surface area contributed by atoms with E-state index >= 15 is 0 Å². The van der Waals surface area contributed by atoms with E-state index in [4.69, 9.17) is 10.5 Å². The van der Waals surface area contributed by atoms with Gasteiger partial charge in [-0.1, -0.05) is 30.0 Å². The second-order valence-corrected chi connectivity index (χ2v) is 5.79. The maximum Gasteiger partial charge on any atom is 0.316 e. The van der Waals surface area contributed by atoms with Gasteiger partial charge in [0, 0.05) is 12.5 Å². The van der Waals surface area contributed by atoms with E-state index in [0.29, 0.717) is 16.1 Å². The van der Waals surface area contributed by atoms with Gasteiger partial charge in [0.1, 0.15) is 0 Å². The van der Waals surface area contributed by atoms with Crippen LogP contribution in [0.25, 0.3) is 0 Å². The fourth-order valence-electron chi connectivity index (χ4n) is 0.978. The molecule has 1 amide bonds. The van der Waals surface area contributed by atoms with Crippen molar-refractivity contribution < 1.29 is 14.3 Å². The number of hydrogen-bond acceptors (Lipinski definition) is 8. The average molecular weight is 304 g/mol. The Kier molecular flexibility index (Phi) is 6.74. The van der Waals surface area contributed by atoms with E-state index in [2.05, 4.69) is 15.5 Å². The summed E-state index contributed by atoms with van der Waals surface area (Å²) >= 11 is 2.43. The minimum absolute atomic E-state index is 0.176. The minimum atomic E-state index is -0.301. The number of aromatic nitrogens is 2. The Balaban J connectivity index is 2.44. The van der Waals surface area contributed by atoms with Crippen molar-refractivity contribution in [2.45, 2.75) is 18.2 Å². The van der Waals surface area contributed by atoms with E-state index in [1.54, 1.807) is 13.8 Å². The van der Waals surface area contributed by atoms with Crippen LogP contribution in [-0.4, -0.2) is 41.0 Å². The van der Waals surface area contributed by atoms with E-state index in [-0.39, 0.29) is 30.1 Å². The Labute approximate surface area is 119 Å². The summed E-state index contributed by atoms with van der Waals surface area (Å²) < 4.78 is 5.39. The van der Waals surface area contributed by atoms with Crippen LogP contribution in [0.3, 0.4) is 0 Å². The van der Waals surface area contributed by atoms with Crippen LogP contribution in [0.5, 0.6) is 0 Å². The molecule has 1 unspecified atom stereocenters. The van der Waals surface area contributed by atoms with Gasteiger partial charge < -0.3 is 15.8 Å². The Bertz CT molecular complexity index is 438. The lowest BCUT2D eigenvalue weighted by Gasteiger charge is -2.05. The highest BCUT2D eigenvalue weighted by Gasteiger charge is 2.14. The van der Waals surface area contributed by atoms with Crippen LogP contribution >= 0.6 is 23.1 Å². The molecule has 0 aliphatic heterocycles. The van der Waals surface area contributed by atoms with Gasteiger partial charge in [-0.15, -0.1) is 10.2 Å². The molecule has 3 N–H and O–H groups in total. The van der Waals surface area contributed by atoms with Gasteiger partial charge in [-0.25, -0.2) is 0 Å². The minimum Gasteiger partial charge on any atom is -0.465 e. The molecule has 0 spiro atoms. The molecule has 0 saturated heterocycles. The van der Waals surface area contributed by atoms with Gasteiger partial charge in [0.15, 0.2) is 4.34 Å². The zero-order valence-corrected chi connectivity index (χ0v) is 12.3. The molecule has 0 saturated carbocycles. The topological polar surface area (TPSA) is 107 Å². The first-order chi connectivity index (χ1) is 9.06. The molecule has 7 nitrogen and oxygen atoms in total. The normalized spacial score (nSPS) is 11.9. The number of ether oxygens (including phenoxy) is 1. The van der Waals surface area contributed by atoms with Gasteiger partial charge in [-0.3, -0.25) is 9.59 Å². The van der Waals surface area contributed by atoms with E-state index in [1.165, 1.54) is 23.1 Å². The Hall–Kier alpha value is -1.19.